The van der Waals surface area contributed by atoms with E-state index >= 15 is 0 Å². The quantitative estimate of drug-likeness (QED) is 0.828. The van der Waals surface area contributed by atoms with Gasteiger partial charge in [-0.05, 0) is 25.2 Å². The normalized spacial score (nSPS) is 22.6. The van der Waals surface area contributed by atoms with Crippen molar-refractivity contribution in [2.24, 2.45) is 11.8 Å². The molecule has 0 saturated carbocycles. The molecule has 1 aliphatic rings. The van der Waals surface area contributed by atoms with Gasteiger partial charge in [-0.15, -0.1) is 0 Å². The molecule has 1 fully saturated rings. The Morgan fingerprint density at radius 1 is 1.30 bits per heavy atom. The fourth-order valence-electron chi connectivity index (χ4n) is 2.64. The zero-order valence-corrected chi connectivity index (χ0v) is 12.2. The van der Waals surface area contributed by atoms with Gasteiger partial charge in [-0.3, -0.25) is 0 Å². The first-order valence-electron chi connectivity index (χ1n) is 6.93. The predicted octanol–water partition coefficient (Wildman–Crippen LogP) is 1.11. The minimum atomic E-state index is -0.569. The Balaban J connectivity index is 2.25. The molecule has 0 radical (unpaired) electrons. The van der Waals surface area contributed by atoms with Gasteiger partial charge in [0.2, 0.25) is 17.7 Å². The van der Waals surface area contributed by atoms with Crippen molar-refractivity contribution in [2.45, 2.75) is 27.2 Å². The lowest BCUT2D eigenvalue weighted by Crippen LogP contribution is -2.40. The van der Waals surface area contributed by atoms with Gasteiger partial charge in [0.25, 0.3) is 0 Å². The van der Waals surface area contributed by atoms with Gasteiger partial charge in [-0.2, -0.15) is 15.0 Å². The number of rotatable bonds is 3. The molecular formula is C13H21N5O2. The van der Waals surface area contributed by atoms with Crippen molar-refractivity contribution in [1.82, 2.24) is 15.0 Å². The Hall–Kier alpha value is -1.92. The lowest BCUT2D eigenvalue weighted by molar-refractivity contribution is 0.0512. The third kappa shape index (κ3) is 3.34. The minimum absolute atomic E-state index is 0.0276. The summed E-state index contributed by atoms with van der Waals surface area (Å²) in [4.78, 5) is 25.9. The van der Waals surface area contributed by atoms with E-state index in [0.717, 1.165) is 13.1 Å². The van der Waals surface area contributed by atoms with E-state index in [-0.39, 0.29) is 18.4 Å². The molecule has 2 N–H and O–H groups in total. The van der Waals surface area contributed by atoms with Crippen LogP contribution in [0.15, 0.2) is 0 Å². The Morgan fingerprint density at radius 2 is 1.95 bits per heavy atom. The van der Waals surface area contributed by atoms with Gasteiger partial charge in [0.05, 0.1) is 6.61 Å². The van der Waals surface area contributed by atoms with Crippen molar-refractivity contribution < 1.29 is 9.53 Å². The number of piperidine rings is 1. The number of anilines is 2. The van der Waals surface area contributed by atoms with Crippen LogP contribution in [0.5, 0.6) is 0 Å². The first kappa shape index (κ1) is 14.5. The Morgan fingerprint density at radius 3 is 2.55 bits per heavy atom. The van der Waals surface area contributed by atoms with Crippen molar-refractivity contribution in [2.75, 3.05) is 30.3 Å². The number of aromatic nitrogens is 3. The van der Waals surface area contributed by atoms with E-state index in [9.17, 15) is 4.79 Å². The van der Waals surface area contributed by atoms with Crippen LogP contribution in [0.1, 0.15) is 37.8 Å². The molecule has 1 aliphatic heterocycles. The van der Waals surface area contributed by atoms with E-state index < -0.39 is 5.97 Å². The lowest BCUT2D eigenvalue weighted by atomic mass is 9.92. The minimum Gasteiger partial charge on any atom is -0.460 e. The van der Waals surface area contributed by atoms with Crippen molar-refractivity contribution in [3.8, 4) is 0 Å². The van der Waals surface area contributed by atoms with Crippen LogP contribution in [0.4, 0.5) is 11.9 Å². The average Bonchev–Trinajstić information content (AvgIpc) is 2.37. The van der Waals surface area contributed by atoms with E-state index in [1.165, 1.54) is 6.42 Å². The molecule has 0 aliphatic carbocycles. The summed E-state index contributed by atoms with van der Waals surface area (Å²) in [6, 6.07) is 0. The number of nitrogens with zero attached hydrogens (tertiary/aromatic N) is 4. The van der Waals surface area contributed by atoms with Gasteiger partial charge in [0.15, 0.2) is 0 Å². The number of nitrogen functional groups attached to an aromatic ring is 1. The van der Waals surface area contributed by atoms with E-state index in [1.54, 1.807) is 6.92 Å². The SMILES string of the molecule is CCOC(=O)c1nc(N)nc(N2CC(C)CC(C)C2)n1. The number of nitrogens with two attached hydrogens (primary N) is 1. The maximum Gasteiger partial charge on any atom is 0.376 e. The molecule has 7 heteroatoms. The van der Waals surface area contributed by atoms with Crippen molar-refractivity contribution in [3.63, 3.8) is 0 Å². The molecule has 2 atom stereocenters. The van der Waals surface area contributed by atoms with Gasteiger partial charge in [0.1, 0.15) is 0 Å². The number of carbonyl (C=O) groups excluding carboxylic acids is 1. The predicted molar refractivity (Wildman–Crippen MR) is 75.4 cm³/mol. The third-order valence-electron chi connectivity index (χ3n) is 3.25. The summed E-state index contributed by atoms with van der Waals surface area (Å²) >= 11 is 0. The fourth-order valence-corrected chi connectivity index (χ4v) is 2.64. The number of hydrogen-bond acceptors (Lipinski definition) is 7. The largest absolute Gasteiger partial charge is 0.460 e. The highest BCUT2D eigenvalue weighted by Gasteiger charge is 2.25. The highest BCUT2D eigenvalue weighted by Crippen LogP contribution is 2.24. The second-order valence-electron chi connectivity index (χ2n) is 5.39. The molecule has 0 bridgehead atoms. The lowest BCUT2D eigenvalue weighted by Gasteiger charge is -2.34. The van der Waals surface area contributed by atoms with E-state index in [0.29, 0.717) is 17.8 Å². The highest BCUT2D eigenvalue weighted by molar-refractivity contribution is 5.85. The van der Waals surface area contributed by atoms with Crippen LogP contribution in [0.2, 0.25) is 0 Å². The zero-order chi connectivity index (χ0) is 14.7. The second-order valence-corrected chi connectivity index (χ2v) is 5.39. The topological polar surface area (TPSA) is 94.2 Å². The molecule has 1 saturated heterocycles. The summed E-state index contributed by atoms with van der Waals surface area (Å²) in [6.07, 6.45) is 1.18. The first-order chi connectivity index (χ1) is 9.49. The highest BCUT2D eigenvalue weighted by atomic mass is 16.5. The first-order valence-corrected chi connectivity index (χ1v) is 6.93. The van der Waals surface area contributed by atoms with Gasteiger partial charge >= 0.3 is 5.97 Å². The standard InChI is InChI=1S/C13H21N5O2/c1-4-20-11(19)10-15-12(14)17-13(16-10)18-6-8(2)5-9(3)7-18/h8-9H,4-7H2,1-3H3,(H2,14,15,16,17). The molecule has 0 spiro atoms. The Labute approximate surface area is 118 Å². The molecule has 0 aromatic carbocycles. The van der Waals surface area contributed by atoms with Gasteiger partial charge in [-0.1, -0.05) is 13.8 Å². The van der Waals surface area contributed by atoms with Gasteiger partial charge in [-0.25, -0.2) is 4.79 Å². The number of hydrogen-bond donors (Lipinski definition) is 1. The fraction of sp³-hybridized carbons (Fsp3) is 0.692. The van der Waals surface area contributed by atoms with Crippen molar-refractivity contribution in [3.05, 3.63) is 5.82 Å². The summed E-state index contributed by atoms with van der Waals surface area (Å²) in [5, 5.41) is 0. The molecule has 7 nitrogen and oxygen atoms in total. The van der Waals surface area contributed by atoms with Crippen LogP contribution in [0, 0.1) is 11.8 Å². The maximum absolute atomic E-state index is 11.7. The summed E-state index contributed by atoms with van der Waals surface area (Å²) in [7, 11) is 0. The smallest absolute Gasteiger partial charge is 0.376 e. The molecule has 110 valence electrons. The van der Waals surface area contributed by atoms with E-state index in [2.05, 4.69) is 33.7 Å². The number of carbonyl (C=O) groups is 1. The van der Waals surface area contributed by atoms with Crippen LogP contribution in [0.25, 0.3) is 0 Å². The van der Waals surface area contributed by atoms with E-state index in [4.69, 9.17) is 10.5 Å². The van der Waals surface area contributed by atoms with Crippen LogP contribution in [-0.2, 0) is 4.74 Å². The van der Waals surface area contributed by atoms with Crippen LogP contribution in [0.3, 0.4) is 0 Å². The number of ether oxygens (including phenoxy) is 1. The third-order valence-corrected chi connectivity index (χ3v) is 3.25. The van der Waals surface area contributed by atoms with E-state index in [1.807, 2.05) is 0 Å². The molecule has 2 rings (SSSR count). The van der Waals surface area contributed by atoms with Crippen molar-refractivity contribution >= 4 is 17.9 Å². The Bertz CT molecular complexity index is 484. The van der Waals surface area contributed by atoms with Crippen molar-refractivity contribution in [1.29, 1.82) is 0 Å². The molecule has 2 unspecified atom stereocenters. The average molecular weight is 279 g/mol. The molecule has 1 aromatic heterocycles. The summed E-state index contributed by atoms with van der Waals surface area (Å²) in [5.74, 6) is 1.02. The number of esters is 1. The monoisotopic (exact) mass is 279 g/mol. The van der Waals surface area contributed by atoms with Crippen LogP contribution >= 0.6 is 0 Å². The van der Waals surface area contributed by atoms with Crippen LogP contribution < -0.4 is 10.6 Å². The summed E-state index contributed by atoms with van der Waals surface area (Å²) in [5.41, 5.74) is 5.67. The molecule has 0 amide bonds. The second kappa shape index (κ2) is 6.02. The van der Waals surface area contributed by atoms with Gasteiger partial charge < -0.3 is 15.4 Å². The molecule has 2 heterocycles. The summed E-state index contributed by atoms with van der Waals surface area (Å²) < 4.78 is 4.90. The molecule has 1 aromatic rings. The van der Waals surface area contributed by atoms with Crippen LogP contribution in [-0.4, -0.2) is 40.6 Å². The zero-order valence-electron chi connectivity index (χ0n) is 12.2. The van der Waals surface area contributed by atoms with Gasteiger partial charge in [0, 0.05) is 13.1 Å². The maximum atomic E-state index is 11.7. The Kier molecular flexibility index (Phi) is 4.36. The molecule has 20 heavy (non-hydrogen) atoms. The molecular weight excluding hydrogens is 258 g/mol. The summed E-state index contributed by atoms with van der Waals surface area (Å²) in [6.45, 7) is 8.11.